The first-order valence-corrected chi connectivity index (χ1v) is 6.74. The van der Waals surface area contributed by atoms with Gasteiger partial charge in [0.05, 0.1) is 6.20 Å². The van der Waals surface area contributed by atoms with E-state index in [1.807, 2.05) is 24.3 Å². The number of rotatable bonds is 1. The van der Waals surface area contributed by atoms with E-state index in [-0.39, 0.29) is 16.5 Å². The summed E-state index contributed by atoms with van der Waals surface area (Å²) in [6, 6.07) is 9.00. The van der Waals surface area contributed by atoms with E-state index in [1.165, 1.54) is 16.3 Å². The van der Waals surface area contributed by atoms with Gasteiger partial charge in [0.1, 0.15) is 11.3 Å². The van der Waals surface area contributed by atoms with E-state index in [4.69, 9.17) is 0 Å². The van der Waals surface area contributed by atoms with Crippen molar-refractivity contribution in [2.45, 2.75) is 26.2 Å². The molecule has 2 heterocycles. The minimum Gasteiger partial charge on any atom is -0.303 e. The summed E-state index contributed by atoms with van der Waals surface area (Å²) < 4.78 is 14.5. The molecule has 0 bridgehead atoms. The van der Waals surface area contributed by atoms with Crippen LogP contribution in [0.3, 0.4) is 0 Å². The van der Waals surface area contributed by atoms with Crippen molar-refractivity contribution in [1.82, 2.24) is 14.6 Å². The molecule has 0 saturated heterocycles. The zero-order valence-corrected chi connectivity index (χ0v) is 12.1. The number of benzene rings is 1. The highest BCUT2D eigenvalue weighted by atomic mass is 19.1. The third-order valence-corrected chi connectivity index (χ3v) is 3.46. The lowest BCUT2D eigenvalue weighted by molar-refractivity contribution is 0.590. The fourth-order valence-electron chi connectivity index (χ4n) is 2.24. The molecule has 1 aromatic carbocycles. The highest BCUT2D eigenvalue weighted by molar-refractivity contribution is 5.57. The Morgan fingerprint density at radius 1 is 1.19 bits per heavy atom. The Bertz CT molecular complexity index is 854. The molecular weight excluding hydrogens is 269 g/mol. The highest BCUT2D eigenvalue weighted by Crippen LogP contribution is 2.24. The number of hydrogen-bond acceptors (Lipinski definition) is 2. The Morgan fingerprint density at radius 2 is 1.86 bits per heavy atom. The van der Waals surface area contributed by atoms with Gasteiger partial charge >= 0.3 is 0 Å². The van der Waals surface area contributed by atoms with Gasteiger partial charge in [-0.05, 0) is 11.0 Å². The average molecular weight is 285 g/mol. The van der Waals surface area contributed by atoms with Crippen LogP contribution in [0.4, 0.5) is 4.39 Å². The van der Waals surface area contributed by atoms with Gasteiger partial charge in [-0.25, -0.2) is 8.91 Å². The second kappa shape index (κ2) is 4.55. The quantitative estimate of drug-likeness (QED) is 0.746. The second-order valence-corrected chi connectivity index (χ2v) is 6.12. The Balaban J connectivity index is 2.10. The fourth-order valence-corrected chi connectivity index (χ4v) is 2.24. The van der Waals surface area contributed by atoms with E-state index < -0.39 is 5.82 Å². The number of halogens is 1. The lowest BCUT2D eigenvalue weighted by Gasteiger charge is -2.19. The van der Waals surface area contributed by atoms with E-state index in [9.17, 15) is 9.18 Å². The lowest BCUT2D eigenvalue weighted by atomic mass is 9.87. The van der Waals surface area contributed by atoms with E-state index >= 15 is 0 Å². The largest absolute Gasteiger partial charge is 0.303 e. The molecule has 0 unspecified atom stereocenters. The molecular formula is C16H16FN3O. The number of hydrogen-bond donors (Lipinski definition) is 1. The maximum absolute atomic E-state index is 13.2. The number of H-pyrrole nitrogens is 1. The summed E-state index contributed by atoms with van der Waals surface area (Å²) in [5.41, 5.74) is 1.89. The number of fused-ring (bicyclic) bond motifs is 1. The zero-order valence-electron chi connectivity index (χ0n) is 12.1. The molecule has 0 saturated carbocycles. The molecule has 0 aliphatic carbocycles. The van der Waals surface area contributed by atoms with Crippen molar-refractivity contribution in [3.8, 4) is 11.4 Å². The predicted molar refractivity (Wildman–Crippen MR) is 79.9 cm³/mol. The first kappa shape index (κ1) is 13.5. The first-order chi connectivity index (χ1) is 9.84. The monoisotopic (exact) mass is 285 g/mol. The maximum atomic E-state index is 13.2. The normalized spacial score (nSPS) is 12.0. The van der Waals surface area contributed by atoms with Crippen molar-refractivity contribution >= 4 is 5.52 Å². The molecule has 0 atom stereocenters. The van der Waals surface area contributed by atoms with E-state index in [2.05, 4.69) is 30.9 Å². The van der Waals surface area contributed by atoms with Crippen LogP contribution >= 0.6 is 0 Å². The molecule has 0 fully saturated rings. The number of aromatic nitrogens is 3. The Labute approximate surface area is 121 Å². The van der Waals surface area contributed by atoms with Gasteiger partial charge in [0.2, 0.25) is 0 Å². The van der Waals surface area contributed by atoms with Crippen LogP contribution in [0.1, 0.15) is 26.3 Å². The molecule has 2 aromatic heterocycles. The van der Waals surface area contributed by atoms with Crippen molar-refractivity contribution in [2.24, 2.45) is 0 Å². The second-order valence-electron chi connectivity index (χ2n) is 6.12. The smallest absolute Gasteiger partial charge is 0.275 e. The van der Waals surface area contributed by atoms with Gasteiger partial charge in [0, 0.05) is 11.6 Å². The van der Waals surface area contributed by atoms with E-state index in [1.54, 1.807) is 0 Å². The first-order valence-electron chi connectivity index (χ1n) is 6.74. The van der Waals surface area contributed by atoms with Crippen LogP contribution in [-0.4, -0.2) is 14.6 Å². The SMILES string of the molecule is CC(C)(C)c1ccc(-c2nn3cc(F)cc3c(=O)[nH]2)cc1. The van der Waals surface area contributed by atoms with Crippen LogP contribution in [0.5, 0.6) is 0 Å². The summed E-state index contributed by atoms with van der Waals surface area (Å²) in [7, 11) is 0. The average Bonchev–Trinajstić information content (AvgIpc) is 2.79. The molecule has 0 aliphatic rings. The van der Waals surface area contributed by atoms with Gasteiger partial charge in [0.15, 0.2) is 5.82 Å². The van der Waals surface area contributed by atoms with Crippen LogP contribution < -0.4 is 5.56 Å². The predicted octanol–water partition coefficient (Wildman–Crippen LogP) is 3.13. The number of nitrogens with zero attached hydrogens (tertiary/aromatic N) is 2. The minimum absolute atomic E-state index is 0.0624. The molecule has 108 valence electrons. The van der Waals surface area contributed by atoms with Gasteiger partial charge in [-0.1, -0.05) is 45.0 Å². The molecule has 0 spiro atoms. The molecule has 0 aliphatic heterocycles. The van der Waals surface area contributed by atoms with Crippen molar-refractivity contribution in [3.63, 3.8) is 0 Å². The summed E-state index contributed by atoms with van der Waals surface area (Å²) in [5.74, 6) is -0.0585. The van der Waals surface area contributed by atoms with Crippen LogP contribution in [0, 0.1) is 5.82 Å². The molecule has 5 heteroatoms. The fraction of sp³-hybridized carbons (Fsp3) is 0.250. The van der Waals surface area contributed by atoms with Gasteiger partial charge in [0.25, 0.3) is 5.56 Å². The van der Waals surface area contributed by atoms with Crippen molar-refractivity contribution < 1.29 is 4.39 Å². The standard InChI is InChI=1S/C16H16FN3O/c1-16(2,3)11-6-4-10(5-7-11)14-18-15(21)13-8-12(17)9-20(13)19-14/h4-9H,1-3H3,(H,18,19,21). The van der Waals surface area contributed by atoms with Crippen molar-refractivity contribution in [3.05, 3.63) is 58.3 Å². The van der Waals surface area contributed by atoms with Gasteiger partial charge in [-0.15, -0.1) is 5.10 Å². The summed E-state index contributed by atoms with van der Waals surface area (Å²) in [6.07, 6.45) is 1.19. The zero-order chi connectivity index (χ0) is 15.2. The molecule has 3 aromatic rings. The third-order valence-electron chi connectivity index (χ3n) is 3.46. The Hall–Kier alpha value is -2.43. The van der Waals surface area contributed by atoms with Gasteiger partial charge in [-0.2, -0.15) is 0 Å². The summed E-state index contributed by atoms with van der Waals surface area (Å²) in [4.78, 5) is 14.6. The minimum atomic E-state index is -0.478. The molecule has 4 nitrogen and oxygen atoms in total. The Kier molecular flexibility index (Phi) is 2.93. The van der Waals surface area contributed by atoms with Crippen molar-refractivity contribution in [2.75, 3.05) is 0 Å². The molecule has 1 N–H and O–H groups in total. The maximum Gasteiger partial charge on any atom is 0.275 e. The van der Waals surface area contributed by atoms with E-state index in [0.29, 0.717) is 5.82 Å². The van der Waals surface area contributed by atoms with Gasteiger partial charge < -0.3 is 4.98 Å². The number of aromatic amines is 1. The number of nitrogens with one attached hydrogen (secondary N) is 1. The van der Waals surface area contributed by atoms with Crippen LogP contribution in [0.15, 0.2) is 41.3 Å². The highest BCUT2D eigenvalue weighted by Gasteiger charge is 2.14. The van der Waals surface area contributed by atoms with E-state index in [0.717, 1.165) is 11.6 Å². The molecule has 21 heavy (non-hydrogen) atoms. The van der Waals surface area contributed by atoms with Crippen LogP contribution in [0.25, 0.3) is 16.9 Å². The Morgan fingerprint density at radius 3 is 2.48 bits per heavy atom. The molecule has 0 radical (unpaired) electrons. The van der Waals surface area contributed by atoms with Crippen LogP contribution in [-0.2, 0) is 5.41 Å². The lowest BCUT2D eigenvalue weighted by Crippen LogP contribution is -2.13. The van der Waals surface area contributed by atoms with Gasteiger partial charge in [-0.3, -0.25) is 4.79 Å². The summed E-state index contributed by atoms with van der Waals surface area (Å²) >= 11 is 0. The third kappa shape index (κ3) is 2.46. The van der Waals surface area contributed by atoms with Crippen molar-refractivity contribution in [1.29, 1.82) is 0 Å². The topological polar surface area (TPSA) is 50.2 Å². The molecule has 3 rings (SSSR count). The van der Waals surface area contributed by atoms with Crippen LogP contribution in [0.2, 0.25) is 0 Å². The summed E-state index contributed by atoms with van der Waals surface area (Å²) in [6.45, 7) is 6.41. The summed E-state index contributed by atoms with van der Waals surface area (Å²) in [5, 5.41) is 4.24. The molecule has 0 amide bonds.